The molecule has 0 aliphatic carbocycles. The summed E-state index contributed by atoms with van der Waals surface area (Å²) in [5.41, 5.74) is -2.00. The van der Waals surface area contributed by atoms with Gasteiger partial charge in [0.25, 0.3) is 5.56 Å². The Balaban J connectivity index is 1.61. The van der Waals surface area contributed by atoms with Crippen molar-refractivity contribution in [3.63, 3.8) is 0 Å². The van der Waals surface area contributed by atoms with Gasteiger partial charge in [-0.25, -0.2) is 4.79 Å². The molecule has 2 fully saturated rings. The maximum absolute atomic E-state index is 13.4. The van der Waals surface area contributed by atoms with E-state index in [1.165, 1.54) is 0 Å². The van der Waals surface area contributed by atoms with Crippen molar-refractivity contribution in [2.24, 2.45) is 5.92 Å². The SMILES string of the molecule is O=C(N[C@@H]1CO[C@H](Cn2cc(F)c(=O)[nH]c2=O)[C@@H](O)[C@H]1O)C1CCOCC1. The molecule has 27 heavy (non-hydrogen) atoms. The highest BCUT2D eigenvalue weighted by Gasteiger charge is 2.40. The molecule has 1 aromatic rings. The molecule has 0 spiro atoms. The first-order chi connectivity index (χ1) is 12.9. The van der Waals surface area contributed by atoms with E-state index in [2.05, 4.69) is 5.32 Å². The first-order valence-electron chi connectivity index (χ1n) is 8.72. The van der Waals surface area contributed by atoms with E-state index in [4.69, 9.17) is 9.47 Å². The van der Waals surface area contributed by atoms with Crippen molar-refractivity contribution in [1.82, 2.24) is 14.9 Å². The molecule has 3 heterocycles. The number of rotatable bonds is 4. The molecule has 2 aliphatic heterocycles. The number of ether oxygens (including phenoxy) is 2. The molecule has 2 aliphatic rings. The van der Waals surface area contributed by atoms with Gasteiger partial charge < -0.3 is 25.0 Å². The third kappa shape index (κ3) is 4.43. The first kappa shape index (κ1) is 19.7. The van der Waals surface area contributed by atoms with E-state index >= 15 is 0 Å². The van der Waals surface area contributed by atoms with Gasteiger partial charge in [-0.1, -0.05) is 0 Å². The summed E-state index contributed by atoms with van der Waals surface area (Å²) in [4.78, 5) is 36.9. The second kappa shape index (κ2) is 8.30. The van der Waals surface area contributed by atoms with Crippen LogP contribution in [0.25, 0.3) is 0 Å². The fourth-order valence-electron chi connectivity index (χ4n) is 3.24. The lowest BCUT2D eigenvalue weighted by atomic mass is 9.95. The second-order valence-corrected chi connectivity index (χ2v) is 6.74. The van der Waals surface area contributed by atoms with Crippen molar-refractivity contribution in [2.45, 2.75) is 43.7 Å². The lowest BCUT2D eigenvalue weighted by Crippen LogP contribution is -2.61. The molecular formula is C16H22FN3O7. The Morgan fingerprint density at radius 3 is 2.70 bits per heavy atom. The van der Waals surface area contributed by atoms with Gasteiger partial charge in [0.05, 0.1) is 25.4 Å². The van der Waals surface area contributed by atoms with E-state index in [-0.39, 0.29) is 25.0 Å². The molecule has 0 unspecified atom stereocenters. The number of amides is 1. The number of aromatic nitrogens is 2. The minimum absolute atomic E-state index is 0.0849. The fourth-order valence-corrected chi connectivity index (χ4v) is 3.24. The summed E-state index contributed by atoms with van der Waals surface area (Å²) in [6, 6.07) is -0.810. The third-order valence-electron chi connectivity index (χ3n) is 4.90. The second-order valence-electron chi connectivity index (χ2n) is 6.74. The minimum atomic E-state index is -1.42. The highest BCUT2D eigenvalue weighted by molar-refractivity contribution is 5.79. The van der Waals surface area contributed by atoms with Crippen LogP contribution in [0.2, 0.25) is 0 Å². The summed E-state index contributed by atoms with van der Waals surface area (Å²) in [5, 5.41) is 23.3. The van der Waals surface area contributed by atoms with E-state index in [1.807, 2.05) is 0 Å². The van der Waals surface area contributed by atoms with Crippen molar-refractivity contribution < 1.29 is 28.9 Å². The number of hydrogen-bond acceptors (Lipinski definition) is 7. The third-order valence-corrected chi connectivity index (χ3v) is 4.90. The van der Waals surface area contributed by atoms with Gasteiger partial charge in [-0.2, -0.15) is 4.39 Å². The molecule has 1 aromatic heterocycles. The average Bonchev–Trinajstić information content (AvgIpc) is 2.66. The molecule has 0 saturated carbocycles. The van der Waals surface area contributed by atoms with Crippen LogP contribution in [0.3, 0.4) is 0 Å². The van der Waals surface area contributed by atoms with Crippen LogP contribution < -0.4 is 16.6 Å². The molecular weight excluding hydrogens is 365 g/mol. The van der Waals surface area contributed by atoms with Crippen molar-refractivity contribution in [1.29, 1.82) is 0 Å². The number of carbonyl (C=O) groups excluding carboxylic acids is 1. The van der Waals surface area contributed by atoms with Crippen LogP contribution in [-0.2, 0) is 20.8 Å². The number of hydrogen-bond donors (Lipinski definition) is 4. The zero-order chi connectivity index (χ0) is 19.6. The van der Waals surface area contributed by atoms with Crippen molar-refractivity contribution >= 4 is 5.91 Å². The number of aromatic amines is 1. The fraction of sp³-hybridized carbons (Fsp3) is 0.688. The van der Waals surface area contributed by atoms with Gasteiger partial charge in [-0.15, -0.1) is 0 Å². The quantitative estimate of drug-likeness (QED) is 0.455. The standard InChI is InChI=1S/C16H22FN3O7/c17-9-5-20(16(25)19-15(9)24)6-11-13(22)12(21)10(7-27-11)18-14(23)8-1-3-26-4-2-8/h5,8,10-13,21-22H,1-4,6-7H2,(H,18,23)(H,19,24,25)/t10-,11-,12+,13-/m1/s1. The minimum Gasteiger partial charge on any atom is -0.388 e. The van der Waals surface area contributed by atoms with Crippen molar-refractivity contribution in [3.8, 4) is 0 Å². The van der Waals surface area contributed by atoms with Crippen LogP contribution >= 0.6 is 0 Å². The molecule has 4 N–H and O–H groups in total. The van der Waals surface area contributed by atoms with Crippen LogP contribution in [0.4, 0.5) is 4.39 Å². The molecule has 2 saturated heterocycles. The van der Waals surface area contributed by atoms with Crippen molar-refractivity contribution in [3.05, 3.63) is 32.9 Å². The zero-order valence-corrected chi connectivity index (χ0v) is 14.5. The summed E-state index contributed by atoms with van der Waals surface area (Å²) in [6.07, 6.45) is -1.87. The molecule has 0 aromatic carbocycles. The molecule has 0 radical (unpaired) electrons. The normalized spacial score (nSPS) is 29.4. The molecule has 4 atom stereocenters. The van der Waals surface area contributed by atoms with Gasteiger partial charge in [-0.05, 0) is 12.8 Å². The number of nitrogens with zero attached hydrogens (tertiary/aromatic N) is 1. The first-order valence-corrected chi connectivity index (χ1v) is 8.72. The van der Waals surface area contributed by atoms with Crippen molar-refractivity contribution in [2.75, 3.05) is 19.8 Å². The van der Waals surface area contributed by atoms with Crippen LogP contribution in [0.1, 0.15) is 12.8 Å². The topological polar surface area (TPSA) is 143 Å². The van der Waals surface area contributed by atoms with Gasteiger partial charge in [-0.3, -0.25) is 19.1 Å². The van der Waals surface area contributed by atoms with Gasteiger partial charge in [0, 0.05) is 19.1 Å². The molecule has 11 heteroatoms. The van der Waals surface area contributed by atoms with E-state index < -0.39 is 41.4 Å². The van der Waals surface area contributed by atoms with Gasteiger partial charge >= 0.3 is 5.69 Å². The monoisotopic (exact) mass is 387 g/mol. The largest absolute Gasteiger partial charge is 0.388 e. The molecule has 1 amide bonds. The van der Waals surface area contributed by atoms with E-state index in [0.717, 1.165) is 4.57 Å². The zero-order valence-electron chi connectivity index (χ0n) is 14.5. The molecule has 3 rings (SSSR count). The highest BCUT2D eigenvalue weighted by atomic mass is 19.1. The van der Waals surface area contributed by atoms with Gasteiger partial charge in [0.2, 0.25) is 11.7 Å². The lowest BCUT2D eigenvalue weighted by molar-refractivity contribution is -0.160. The predicted molar refractivity (Wildman–Crippen MR) is 88.5 cm³/mol. The highest BCUT2D eigenvalue weighted by Crippen LogP contribution is 2.19. The molecule has 10 nitrogen and oxygen atoms in total. The van der Waals surface area contributed by atoms with Gasteiger partial charge in [0.15, 0.2) is 0 Å². The van der Waals surface area contributed by atoms with E-state index in [0.29, 0.717) is 32.3 Å². The number of carbonyl (C=O) groups is 1. The number of H-pyrrole nitrogens is 1. The Morgan fingerprint density at radius 1 is 1.30 bits per heavy atom. The summed E-state index contributed by atoms with van der Waals surface area (Å²) in [5.74, 6) is -1.61. The summed E-state index contributed by atoms with van der Waals surface area (Å²) >= 11 is 0. The Kier molecular flexibility index (Phi) is 6.05. The molecule has 0 bridgehead atoms. The summed E-state index contributed by atoms with van der Waals surface area (Å²) in [6.45, 7) is 0.637. The van der Waals surface area contributed by atoms with Gasteiger partial charge in [0.1, 0.15) is 18.3 Å². The number of halogens is 1. The van der Waals surface area contributed by atoms with Crippen LogP contribution in [0.5, 0.6) is 0 Å². The van der Waals surface area contributed by atoms with Crippen LogP contribution in [0.15, 0.2) is 15.8 Å². The Bertz CT molecular complexity index is 789. The van der Waals surface area contributed by atoms with E-state index in [9.17, 15) is 29.0 Å². The Hall–Kier alpha value is -2.08. The summed E-state index contributed by atoms with van der Waals surface area (Å²) < 4.78 is 24.9. The predicted octanol–water partition coefficient (Wildman–Crippen LogP) is -2.29. The van der Waals surface area contributed by atoms with Crippen LogP contribution in [-0.4, -0.2) is 69.8 Å². The smallest absolute Gasteiger partial charge is 0.328 e. The Labute approximate surface area is 152 Å². The number of aliphatic hydroxyl groups is 2. The maximum atomic E-state index is 13.4. The summed E-state index contributed by atoms with van der Waals surface area (Å²) in [7, 11) is 0. The maximum Gasteiger partial charge on any atom is 0.328 e. The lowest BCUT2D eigenvalue weighted by Gasteiger charge is -2.38. The average molecular weight is 387 g/mol. The van der Waals surface area contributed by atoms with E-state index in [1.54, 1.807) is 4.98 Å². The number of nitrogens with one attached hydrogen (secondary N) is 2. The number of aliphatic hydroxyl groups excluding tert-OH is 2. The molecule has 150 valence electrons. The van der Waals surface area contributed by atoms with Crippen LogP contribution in [0, 0.1) is 11.7 Å². The Morgan fingerprint density at radius 2 is 2.00 bits per heavy atom.